The molecule has 7 heteroatoms. The molecule has 2 aromatic rings. The van der Waals surface area contributed by atoms with E-state index >= 15 is 0 Å². The predicted octanol–water partition coefficient (Wildman–Crippen LogP) is 3.17. The van der Waals surface area contributed by atoms with Gasteiger partial charge < -0.3 is 15.5 Å². The minimum absolute atomic E-state index is 0.0613. The van der Waals surface area contributed by atoms with Crippen molar-refractivity contribution >= 4 is 29.2 Å². The van der Waals surface area contributed by atoms with Crippen molar-refractivity contribution in [3.8, 4) is 0 Å². The predicted molar refractivity (Wildman–Crippen MR) is 120 cm³/mol. The number of nitrogens with one attached hydrogen (secondary N) is 2. The van der Waals surface area contributed by atoms with Gasteiger partial charge in [-0.15, -0.1) is 0 Å². The number of likely N-dealkylation sites (tertiary alicyclic amines) is 1. The van der Waals surface area contributed by atoms with Crippen LogP contribution in [0.15, 0.2) is 54.6 Å². The number of para-hydroxylation sites is 2. The monoisotopic (exact) mass is 420 g/mol. The number of urea groups is 1. The molecule has 4 rings (SSSR count). The Bertz CT molecular complexity index is 939. The van der Waals surface area contributed by atoms with Crippen molar-refractivity contribution in [2.75, 3.05) is 29.9 Å². The minimum Gasteiger partial charge on any atom is -0.341 e. The van der Waals surface area contributed by atoms with Gasteiger partial charge in [0, 0.05) is 19.5 Å². The van der Waals surface area contributed by atoms with E-state index in [0.717, 1.165) is 44.3 Å². The zero-order valence-corrected chi connectivity index (χ0v) is 17.5. The highest BCUT2D eigenvalue weighted by molar-refractivity contribution is 6.10. The minimum atomic E-state index is -0.690. The maximum atomic E-state index is 13.4. The Morgan fingerprint density at radius 2 is 1.61 bits per heavy atom. The average molecular weight is 421 g/mol. The standard InChI is InChI=1S/C24H28N4O3/c29-22-17-28(21-13-7-6-12-19(21)25-22)24(31)26-20(16-18-10-4-3-5-11-18)23(30)27-14-8-1-2-9-15-27/h3-7,10-13,20H,1-2,8-9,14-17H2,(H,25,29)(H,26,31)/t20-/m1/s1. The molecular formula is C24H28N4O3. The van der Waals surface area contributed by atoms with Crippen molar-refractivity contribution in [3.63, 3.8) is 0 Å². The first-order valence-electron chi connectivity index (χ1n) is 10.9. The van der Waals surface area contributed by atoms with E-state index in [1.807, 2.05) is 47.4 Å². The second-order valence-electron chi connectivity index (χ2n) is 8.08. The zero-order chi connectivity index (χ0) is 21.6. The first-order valence-corrected chi connectivity index (χ1v) is 10.9. The highest BCUT2D eigenvalue weighted by Crippen LogP contribution is 2.29. The fourth-order valence-electron chi connectivity index (χ4n) is 4.20. The normalized spacial score (nSPS) is 17.2. The topological polar surface area (TPSA) is 81.8 Å². The zero-order valence-electron chi connectivity index (χ0n) is 17.5. The van der Waals surface area contributed by atoms with Crippen molar-refractivity contribution in [1.29, 1.82) is 0 Å². The summed E-state index contributed by atoms with van der Waals surface area (Å²) in [6, 6.07) is 15.7. The fourth-order valence-corrected chi connectivity index (χ4v) is 4.20. The van der Waals surface area contributed by atoms with Crippen LogP contribution in [0.4, 0.5) is 16.2 Å². The van der Waals surface area contributed by atoms with E-state index < -0.39 is 12.1 Å². The molecule has 31 heavy (non-hydrogen) atoms. The van der Waals surface area contributed by atoms with E-state index in [9.17, 15) is 14.4 Å². The van der Waals surface area contributed by atoms with Crippen molar-refractivity contribution in [2.24, 2.45) is 0 Å². The highest BCUT2D eigenvalue weighted by Gasteiger charge is 2.32. The second-order valence-corrected chi connectivity index (χ2v) is 8.08. The molecule has 1 fully saturated rings. The van der Waals surface area contributed by atoms with Crippen LogP contribution >= 0.6 is 0 Å². The molecule has 162 valence electrons. The molecule has 1 saturated heterocycles. The van der Waals surface area contributed by atoms with E-state index in [1.165, 1.54) is 4.90 Å². The lowest BCUT2D eigenvalue weighted by Gasteiger charge is -2.32. The summed E-state index contributed by atoms with van der Waals surface area (Å²) in [6.45, 7) is 1.35. The lowest BCUT2D eigenvalue weighted by molar-refractivity contribution is -0.133. The molecule has 1 atom stereocenters. The number of carbonyl (C=O) groups is 3. The molecule has 0 bridgehead atoms. The summed E-state index contributed by atoms with van der Waals surface area (Å²) in [6.07, 6.45) is 4.62. The molecule has 2 aliphatic rings. The molecule has 0 radical (unpaired) electrons. The first kappa shape index (κ1) is 20.9. The van der Waals surface area contributed by atoms with Gasteiger partial charge in [0.05, 0.1) is 11.4 Å². The Morgan fingerprint density at radius 3 is 2.35 bits per heavy atom. The van der Waals surface area contributed by atoms with E-state index in [0.29, 0.717) is 17.8 Å². The van der Waals surface area contributed by atoms with Crippen molar-refractivity contribution < 1.29 is 14.4 Å². The summed E-state index contributed by atoms with van der Waals surface area (Å²) < 4.78 is 0. The Kier molecular flexibility index (Phi) is 6.50. The van der Waals surface area contributed by atoms with E-state index in [4.69, 9.17) is 0 Å². The van der Waals surface area contributed by atoms with Gasteiger partial charge in [-0.2, -0.15) is 0 Å². The van der Waals surface area contributed by atoms with Crippen LogP contribution in [0.2, 0.25) is 0 Å². The van der Waals surface area contributed by atoms with Crippen molar-refractivity contribution in [1.82, 2.24) is 10.2 Å². The fraction of sp³-hybridized carbons (Fsp3) is 0.375. The summed E-state index contributed by atoms with van der Waals surface area (Å²) in [4.78, 5) is 42.0. The molecule has 2 N–H and O–H groups in total. The third-order valence-corrected chi connectivity index (χ3v) is 5.81. The first-order chi connectivity index (χ1) is 15.1. The van der Waals surface area contributed by atoms with Gasteiger partial charge in [0.25, 0.3) is 0 Å². The molecule has 4 amide bonds. The number of nitrogens with zero attached hydrogens (tertiary/aromatic N) is 2. The summed E-state index contributed by atoms with van der Waals surface area (Å²) in [7, 11) is 0. The molecular weight excluding hydrogens is 392 g/mol. The molecule has 0 aliphatic carbocycles. The Hall–Kier alpha value is -3.35. The number of carbonyl (C=O) groups excluding carboxylic acids is 3. The van der Waals surface area contributed by atoms with Gasteiger partial charge in [0.1, 0.15) is 12.6 Å². The van der Waals surface area contributed by atoms with Gasteiger partial charge in [0.15, 0.2) is 0 Å². The van der Waals surface area contributed by atoms with Gasteiger partial charge in [0.2, 0.25) is 11.8 Å². The average Bonchev–Trinajstić information content (AvgIpc) is 3.08. The number of fused-ring (bicyclic) bond motifs is 1. The molecule has 2 aromatic carbocycles. The van der Waals surface area contributed by atoms with Crippen LogP contribution in [0.3, 0.4) is 0 Å². The Morgan fingerprint density at radius 1 is 0.935 bits per heavy atom. The van der Waals surface area contributed by atoms with Crippen LogP contribution in [0.25, 0.3) is 0 Å². The lowest BCUT2D eigenvalue weighted by Crippen LogP contribution is -2.55. The molecule has 0 aromatic heterocycles. The summed E-state index contributed by atoms with van der Waals surface area (Å²) >= 11 is 0. The number of rotatable bonds is 4. The van der Waals surface area contributed by atoms with Gasteiger partial charge in [-0.25, -0.2) is 4.79 Å². The molecule has 0 saturated carbocycles. The van der Waals surface area contributed by atoms with Gasteiger partial charge in [-0.05, 0) is 30.5 Å². The Balaban J connectivity index is 1.56. The maximum absolute atomic E-state index is 13.4. The van der Waals surface area contributed by atoms with Crippen LogP contribution in [-0.2, 0) is 16.0 Å². The van der Waals surface area contributed by atoms with E-state index in [2.05, 4.69) is 10.6 Å². The van der Waals surface area contributed by atoms with Crippen molar-refractivity contribution in [3.05, 3.63) is 60.2 Å². The number of hydrogen-bond acceptors (Lipinski definition) is 3. The molecule has 0 unspecified atom stereocenters. The van der Waals surface area contributed by atoms with Gasteiger partial charge >= 0.3 is 6.03 Å². The van der Waals surface area contributed by atoms with Crippen LogP contribution < -0.4 is 15.5 Å². The largest absolute Gasteiger partial charge is 0.341 e. The third-order valence-electron chi connectivity index (χ3n) is 5.81. The number of anilines is 2. The van der Waals surface area contributed by atoms with Gasteiger partial charge in [-0.3, -0.25) is 14.5 Å². The number of benzene rings is 2. The number of hydrogen-bond donors (Lipinski definition) is 2. The van der Waals surface area contributed by atoms with Crippen LogP contribution in [0.5, 0.6) is 0 Å². The van der Waals surface area contributed by atoms with Gasteiger partial charge in [-0.1, -0.05) is 55.3 Å². The summed E-state index contributed by atoms with van der Waals surface area (Å²) in [5, 5.41) is 5.71. The lowest BCUT2D eigenvalue weighted by atomic mass is 10.0. The van der Waals surface area contributed by atoms with Crippen LogP contribution in [-0.4, -0.2) is 48.4 Å². The van der Waals surface area contributed by atoms with Crippen LogP contribution in [0.1, 0.15) is 31.2 Å². The van der Waals surface area contributed by atoms with E-state index in [-0.39, 0.29) is 18.4 Å². The van der Waals surface area contributed by atoms with Crippen LogP contribution in [0, 0.1) is 0 Å². The van der Waals surface area contributed by atoms with Crippen molar-refractivity contribution in [2.45, 2.75) is 38.1 Å². The highest BCUT2D eigenvalue weighted by atomic mass is 16.2. The summed E-state index contributed by atoms with van der Waals surface area (Å²) in [5.41, 5.74) is 2.19. The SMILES string of the molecule is O=C1CN(C(=O)N[C@H](Cc2ccccc2)C(=O)N2CCCCCC2)c2ccccc2N1. The Labute approximate surface area is 182 Å². The summed E-state index contributed by atoms with van der Waals surface area (Å²) in [5.74, 6) is -0.318. The molecule has 2 heterocycles. The third kappa shape index (κ3) is 5.05. The van der Waals surface area contributed by atoms with E-state index in [1.54, 1.807) is 12.1 Å². The number of amides is 4. The molecule has 7 nitrogen and oxygen atoms in total. The molecule has 2 aliphatic heterocycles. The smallest absolute Gasteiger partial charge is 0.323 e. The molecule has 0 spiro atoms. The maximum Gasteiger partial charge on any atom is 0.323 e. The quantitative estimate of drug-likeness (QED) is 0.797. The second kappa shape index (κ2) is 9.64.